The van der Waals surface area contributed by atoms with Crippen molar-refractivity contribution in [2.24, 2.45) is 5.41 Å². The van der Waals surface area contributed by atoms with Crippen molar-refractivity contribution in [2.75, 3.05) is 20.3 Å². The minimum absolute atomic E-state index is 0.203. The molecule has 5 heteroatoms. The van der Waals surface area contributed by atoms with Crippen LogP contribution in [0.15, 0.2) is 12.5 Å². The second-order valence-corrected chi connectivity index (χ2v) is 5.73. The van der Waals surface area contributed by atoms with Crippen LogP contribution in [-0.2, 0) is 17.8 Å². The molecule has 0 aliphatic heterocycles. The Kier molecular flexibility index (Phi) is 7.27. The third-order valence-corrected chi connectivity index (χ3v) is 3.25. The number of hydrogen-bond acceptors (Lipinski definition) is 4. The van der Waals surface area contributed by atoms with Gasteiger partial charge in [0, 0.05) is 32.9 Å². The number of nitriles is 1. The van der Waals surface area contributed by atoms with Crippen LogP contribution in [0.2, 0.25) is 0 Å². The molecule has 20 heavy (non-hydrogen) atoms. The quantitative estimate of drug-likeness (QED) is 0.667. The Bertz CT molecular complexity index is 420. The summed E-state index contributed by atoms with van der Waals surface area (Å²) in [5.41, 5.74) is 0.851. The summed E-state index contributed by atoms with van der Waals surface area (Å²) < 4.78 is 7.09. The summed E-state index contributed by atoms with van der Waals surface area (Å²) in [4.78, 5) is 4.36. The van der Waals surface area contributed by atoms with Gasteiger partial charge in [-0.25, -0.2) is 4.98 Å². The van der Waals surface area contributed by atoms with Crippen molar-refractivity contribution in [1.29, 1.82) is 5.26 Å². The third kappa shape index (κ3) is 6.69. The summed E-state index contributed by atoms with van der Waals surface area (Å²) in [7, 11) is 1.70. The molecular weight excluding hydrogens is 252 g/mol. The monoisotopic (exact) mass is 278 g/mol. The number of methoxy groups -OCH3 is 1. The molecule has 0 aliphatic rings. The van der Waals surface area contributed by atoms with Crippen LogP contribution in [0.1, 0.15) is 38.8 Å². The molecule has 0 saturated carbocycles. The molecule has 0 amide bonds. The fourth-order valence-electron chi connectivity index (χ4n) is 1.93. The van der Waals surface area contributed by atoms with Gasteiger partial charge in [0.2, 0.25) is 0 Å². The standard InChI is InChI=1S/C15H26N4O/c1-15(2,12-16)6-4-5-8-19-11-14(18-13-19)10-17-7-9-20-3/h11,13,17H,4-10H2,1-3H3. The minimum Gasteiger partial charge on any atom is -0.383 e. The second kappa shape index (κ2) is 8.72. The van der Waals surface area contributed by atoms with Gasteiger partial charge in [-0.2, -0.15) is 5.26 Å². The Labute approximate surface area is 122 Å². The highest BCUT2D eigenvalue weighted by Gasteiger charge is 2.15. The van der Waals surface area contributed by atoms with E-state index in [4.69, 9.17) is 10.00 Å². The summed E-state index contributed by atoms with van der Waals surface area (Å²) in [5, 5.41) is 12.2. The predicted octanol–water partition coefficient (Wildman–Crippen LogP) is 2.34. The molecule has 0 saturated heterocycles. The van der Waals surface area contributed by atoms with Crippen LogP contribution in [0, 0.1) is 16.7 Å². The van der Waals surface area contributed by atoms with Crippen LogP contribution in [0.25, 0.3) is 0 Å². The first-order valence-electron chi connectivity index (χ1n) is 7.19. The van der Waals surface area contributed by atoms with E-state index in [2.05, 4.69) is 27.1 Å². The van der Waals surface area contributed by atoms with Crippen molar-refractivity contribution in [2.45, 2.75) is 46.2 Å². The molecule has 5 nitrogen and oxygen atoms in total. The van der Waals surface area contributed by atoms with E-state index in [1.54, 1.807) is 7.11 Å². The summed E-state index contributed by atoms with van der Waals surface area (Å²) >= 11 is 0. The zero-order chi connectivity index (χ0) is 14.8. The van der Waals surface area contributed by atoms with Crippen LogP contribution in [0.3, 0.4) is 0 Å². The number of rotatable bonds is 10. The van der Waals surface area contributed by atoms with E-state index >= 15 is 0 Å². The number of aryl methyl sites for hydroxylation is 1. The van der Waals surface area contributed by atoms with Crippen LogP contribution in [0.4, 0.5) is 0 Å². The fraction of sp³-hybridized carbons (Fsp3) is 0.733. The van der Waals surface area contributed by atoms with Crippen LogP contribution >= 0.6 is 0 Å². The van der Waals surface area contributed by atoms with Crippen LogP contribution in [-0.4, -0.2) is 29.8 Å². The summed E-state index contributed by atoms with van der Waals surface area (Å²) in [5.74, 6) is 0. The number of unbranched alkanes of at least 4 members (excludes halogenated alkanes) is 1. The molecule has 1 aromatic heterocycles. The Morgan fingerprint density at radius 3 is 2.95 bits per heavy atom. The molecule has 1 aromatic rings. The Hall–Kier alpha value is -1.38. The molecule has 1 heterocycles. The first-order valence-corrected chi connectivity index (χ1v) is 7.19. The average molecular weight is 278 g/mol. The van der Waals surface area contributed by atoms with E-state index in [-0.39, 0.29) is 5.41 Å². The zero-order valence-electron chi connectivity index (χ0n) is 12.9. The van der Waals surface area contributed by atoms with Crippen molar-refractivity contribution in [3.63, 3.8) is 0 Å². The summed E-state index contributed by atoms with van der Waals surface area (Å²) in [6, 6.07) is 2.34. The number of ether oxygens (including phenoxy) is 1. The lowest BCUT2D eigenvalue weighted by molar-refractivity contribution is 0.199. The molecule has 0 radical (unpaired) electrons. The van der Waals surface area contributed by atoms with E-state index in [0.29, 0.717) is 0 Å². The molecular formula is C15H26N4O. The topological polar surface area (TPSA) is 62.9 Å². The number of nitrogens with one attached hydrogen (secondary N) is 1. The summed E-state index contributed by atoms with van der Waals surface area (Å²) in [6.45, 7) is 7.29. The smallest absolute Gasteiger partial charge is 0.0949 e. The van der Waals surface area contributed by atoms with Gasteiger partial charge in [0.05, 0.1) is 30.1 Å². The van der Waals surface area contributed by atoms with Crippen LogP contribution in [0.5, 0.6) is 0 Å². The average Bonchev–Trinajstić information content (AvgIpc) is 2.88. The number of imidazole rings is 1. The van der Waals surface area contributed by atoms with Crippen molar-refractivity contribution >= 4 is 0 Å². The molecule has 0 aliphatic carbocycles. The van der Waals surface area contributed by atoms with Gasteiger partial charge in [0.15, 0.2) is 0 Å². The highest BCUT2D eigenvalue weighted by molar-refractivity contribution is 4.96. The fourth-order valence-corrected chi connectivity index (χ4v) is 1.93. The Balaban J connectivity index is 2.19. The highest BCUT2D eigenvalue weighted by atomic mass is 16.5. The van der Waals surface area contributed by atoms with Crippen molar-refractivity contribution in [1.82, 2.24) is 14.9 Å². The maximum absolute atomic E-state index is 8.95. The molecule has 1 N–H and O–H groups in total. The first kappa shape index (κ1) is 16.7. The molecule has 0 fully saturated rings. The van der Waals surface area contributed by atoms with E-state index in [0.717, 1.165) is 51.2 Å². The molecule has 0 aromatic carbocycles. The van der Waals surface area contributed by atoms with E-state index in [9.17, 15) is 0 Å². The SMILES string of the molecule is COCCNCc1cn(CCCCC(C)(C)C#N)cn1. The van der Waals surface area contributed by atoms with Gasteiger partial charge in [0.25, 0.3) is 0 Å². The lowest BCUT2D eigenvalue weighted by Gasteiger charge is -2.14. The first-order chi connectivity index (χ1) is 9.57. The Morgan fingerprint density at radius 1 is 1.45 bits per heavy atom. The van der Waals surface area contributed by atoms with Gasteiger partial charge in [0.1, 0.15) is 0 Å². The van der Waals surface area contributed by atoms with Gasteiger partial charge >= 0.3 is 0 Å². The molecule has 0 spiro atoms. The number of aromatic nitrogens is 2. The normalized spacial score (nSPS) is 11.5. The summed E-state index contributed by atoms with van der Waals surface area (Å²) in [6.07, 6.45) is 7.06. The molecule has 0 bridgehead atoms. The van der Waals surface area contributed by atoms with Crippen molar-refractivity contribution in [3.05, 3.63) is 18.2 Å². The Morgan fingerprint density at radius 2 is 2.25 bits per heavy atom. The maximum Gasteiger partial charge on any atom is 0.0949 e. The second-order valence-electron chi connectivity index (χ2n) is 5.73. The van der Waals surface area contributed by atoms with Crippen molar-refractivity contribution in [3.8, 4) is 6.07 Å². The highest BCUT2D eigenvalue weighted by Crippen LogP contribution is 2.21. The minimum atomic E-state index is -0.203. The lowest BCUT2D eigenvalue weighted by Crippen LogP contribution is -2.18. The van der Waals surface area contributed by atoms with Gasteiger partial charge in [-0.15, -0.1) is 0 Å². The molecule has 0 atom stereocenters. The molecule has 1 rings (SSSR count). The largest absolute Gasteiger partial charge is 0.383 e. The van der Waals surface area contributed by atoms with Gasteiger partial charge < -0.3 is 14.6 Å². The zero-order valence-corrected chi connectivity index (χ0v) is 12.9. The number of nitrogens with zero attached hydrogens (tertiary/aromatic N) is 3. The van der Waals surface area contributed by atoms with Gasteiger partial charge in [-0.1, -0.05) is 6.42 Å². The lowest BCUT2D eigenvalue weighted by atomic mass is 9.89. The maximum atomic E-state index is 8.95. The van der Waals surface area contributed by atoms with Gasteiger partial charge in [-0.3, -0.25) is 0 Å². The van der Waals surface area contributed by atoms with Crippen molar-refractivity contribution < 1.29 is 4.74 Å². The van der Waals surface area contributed by atoms with Crippen LogP contribution < -0.4 is 5.32 Å². The molecule has 112 valence electrons. The molecule has 0 unspecified atom stereocenters. The van der Waals surface area contributed by atoms with E-state index in [1.165, 1.54) is 0 Å². The van der Waals surface area contributed by atoms with E-state index < -0.39 is 0 Å². The third-order valence-electron chi connectivity index (χ3n) is 3.25. The van der Waals surface area contributed by atoms with Gasteiger partial charge in [-0.05, 0) is 26.7 Å². The predicted molar refractivity (Wildman–Crippen MR) is 79.1 cm³/mol. The number of hydrogen-bond donors (Lipinski definition) is 1. The van der Waals surface area contributed by atoms with E-state index in [1.807, 2.05) is 20.2 Å².